The van der Waals surface area contributed by atoms with E-state index < -0.39 is 0 Å². The lowest BCUT2D eigenvalue weighted by Crippen LogP contribution is -2.06. The molecule has 0 aliphatic carbocycles. The molecular weight excluding hydrogens is 204 g/mol. The van der Waals surface area contributed by atoms with Crippen LogP contribution in [-0.2, 0) is 11.3 Å². The Kier molecular flexibility index (Phi) is 4.59. The third kappa shape index (κ3) is 4.28. The molecule has 16 heavy (non-hydrogen) atoms. The Hall–Kier alpha value is -2.30. The van der Waals surface area contributed by atoms with Crippen LogP contribution in [0, 0.1) is 0 Å². The SMILES string of the molecule is NC(=C\C=C(/N)Cn1ccnc1)/C=C/C=O. The van der Waals surface area contributed by atoms with Crippen LogP contribution in [0.1, 0.15) is 0 Å². The zero-order chi connectivity index (χ0) is 11.8. The quantitative estimate of drug-likeness (QED) is 0.423. The van der Waals surface area contributed by atoms with Gasteiger partial charge >= 0.3 is 0 Å². The Labute approximate surface area is 93.8 Å². The topological polar surface area (TPSA) is 86.9 Å². The number of aldehydes is 1. The molecule has 0 aliphatic rings. The molecule has 0 aromatic carbocycles. The molecule has 0 amide bonds. The van der Waals surface area contributed by atoms with Crippen LogP contribution in [-0.4, -0.2) is 15.8 Å². The van der Waals surface area contributed by atoms with E-state index in [2.05, 4.69) is 4.98 Å². The van der Waals surface area contributed by atoms with Crippen LogP contribution in [0.4, 0.5) is 0 Å². The van der Waals surface area contributed by atoms with Crippen molar-refractivity contribution in [1.82, 2.24) is 9.55 Å². The summed E-state index contributed by atoms with van der Waals surface area (Å²) in [6.07, 6.45) is 12.0. The average molecular weight is 218 g/mol. The lowest BCUT2D eigenvalue weighted by molar-refractivity contribution is -0.104. The van der Waals surface area contributed by atoms with Crippen LogP contribution in [0.3, 0.4) is 0 Å². The zero-order valence-electron chi connectivity index (χ0n) is 8.78. The second kappa shape index (κ2) is 6.23. The highest BCUT2D eigenvalue weighted by Crippen LogP contribution is 1.95. The fourth-order valence-corrected chi connectivity index (χ4v) is 1.05. The van der Waals surface area contributed by atoms with E-state index in [0.29, 0.717) is 24.2 Å². The second-order valence-corrected chi connectivity index (χ2v) is 3.14. The Morgan fingerprint density at radius 1 is 1.38 bits per heavy atom. The predicted octanol–water partition coefficient (Wildman–Crippen LogP) is 0.323. The smallest absolute Gasteiger partial charge is 0.142 e. The summed E-state index contributed by atoms with van der Waals surface area (Å²) in [6, 6.07) is 0. The van der Waals surface area contributed by atoms with Gasteiger partial charge in [0.1, 0.15) is 6.29 Å². The highest BCUT2D eigenvalue weighted by atomic mass is 16.1. The largest absolute Gasteiger partial charge is 0.401 e. The summed E-state index contributed by atoms with van der Waals surface area (Å²) in [4.78, 5) is 13.9. The van der Waals surface area contributed by atoms with Gasteiger partial charge in [-0.15, -0.1) is 0 Å². The van der Waals surface area contributed by atoms with Crippen LogP contribution < -0.4 is 11.5 Å². The number of carbonyl (C=O) groups excluding carboxylic acids is 1. The standard InChI is InChI=1S/C11H14N4O/c12-10(2-1-7-16)3-4-11(13)8-15-6-5-14-9-15/h1-7,9H,8,12-13H2/b2-1+,10-3-,11-4-. The molecule has 4 N–H and O–H groups in total. The summed E-state index contributed by atoms with van der Waals surface area (Å²) in [6.45, 7) is 0.557. The van der Waals surface area contributed by atoms with E-state index in [1.54, 1.807) is 24.7 Å². The van der Waals surface area contributed by atoms with Gasteiger partial charge in [0.15, 0.2) is 0 Å². The van der Waals surface area contributed by atoms with Crippen molar-refractivity contribution in [2.75, 3.05) is 0 Å². The molecule has 0 radical (unpaired) electrons. The number of hydrogen-bond acceptors (Lipinski definition) is 4. The molecule has 0 spiro atoms. The van der Waals surface area contributed by atoms with Gasteiger partial charge in [-0.25, -0.2) is 4.98 Å². The molecule has 5 heteroatoms. The molecule has 0 saturated carbocycles. The fourth-order valence-electron chi connectivity index (χ4n) is 1.05. The first-order valence-electron chi connectivity index (χ1n) is 4.71. The van der Waals surface area contributed by atoms with E-state index in [1.807, 2.05) is 10.8 Å². The monoisotopic (exact) mass is 218 g/mol. The molecule has 5 nitrogen and oxygen atoms in total. The minimum Gasteiger partial charge on any atom is -0.401 e. The van der Waals surface area contributed by atoms with Crippen molar-refractivity contribution in [3.8, 4) is 0 Å². The number of nitrogens with zero attached hydrogens (tertiary/aromatic N) is 2. The Balaban J connectivity index is 2.56. The van der Waals surface area contributed by atoms with E-state index >= 15 is 0 Å². The van der Waals surface area contributed by atoms with Crippen LogP contribution >= 0.6 is 0 Å². The molecule has 0 saturated heterocycles. The third-order valence-corrected chi connectivity index (χ3v) is 1.78. The predicted molar refractivity (Wildman–Crippen MR) is 62.0 cm³/mol. The number of carbonyl (C=O) groups is 1. The Bertz CT molecular complexity index is 415. The van der Waals surface area contributed by atoms with Crippen molar-refractivity contribution in [2.24, 2.45) is 11.5 Å². The number of imidazole rings is 1. The van der Waals surface area contributed by atoms with E-state index in [0.717, 1.165) is 0 Å². The van der Waals surface area contributed by atoms with Gasteiger partial charge in [0.25, 0.3) is 0 Å². The molecule has 1 rings (SSSR count). The second-order valence-electron chi connectivity index (χ2n) is 3.14. The number of aromatic nitrogens is 2. The number of rotatable bonds is 5. The van der Waals surface area contributed by atoms with Gasteiger partial charge in [-0.05, 0) is 24.3 Å². The van der Waals surface area contributed by atoms with Crippen molar-refractivity contribution in [1.29, 1.82) is 0 Å². The van der Waals surface area contributed by atoms with Gasteiger partial charge in [0.05, 0.1) is 12.9 Å². The van der Waals surface area contributed by atoms with Gasteiger partial charge in [0.2, 0.25) is 0 Å². The summed E-state index contributed by atoms with van der Waals surface area (Å²) in [5.41, 5.74) is 12.5. The first kappa shape index (κ1) is 11.8. The molecule has 0 fully saturated rings. The maximum Gasteiger partial charge on any atom is 0.142 e. The minimum atomic E-state index is 0.473. The van der Waals surface area contributed by atoms with Crippen LogP contribution in [0.25, 0.3) is 0 Å². The lowest BCUT2D eigenvalue weighted by atomic mass is 10.3. The number of hydrogen-bond donors (Lipinski definition) is 2. The maximum atomic E-state index is 10.0. The van der Waals surface area contributed by atoms with Crippen LogP contribution in [0.5, 0.6) is 0 Å². The van der Waals surface area contributed by atoms with E-state index in [1.165, 1.54) is 12.2 Å². The third-order valence-electron chi connectivity index (χ3n) is 1.78. The van der Waals surface area contributed by atoms with E-state index in [4.69, 9.17) is 11.5 Å². The van der Waals surface area contributed by atoms with Gasteiger partial charge in [0, 0.05) is 23.8 Å². The van der Waals surface area contributed by atoms with Crippen molar-refractivity contribution in [2.45, 2.75) is 6.54 Å². The molecule has 1 aromatic heterocycles. The molecule has 0 unspecified atom stereocenters. The molecule has 0 bridgehead atoms. The van der Waals surface area contributed by atoms with E-state index in [9.17, 15) is 4.79 Å². The summed E-state index contributed by atoms with van der Waals surface area (Å²) in [5.74, 6) is 0. The molecular formula is C11H14N4O. The van der Waals surface area contributed by atoms with Gasteiger partial charge in [-0.1, -0.05) is 0 Å². The first-order chi connectivity index (χ1) is 7.72. The van der Waals surface area contributed by atoms with Crippen molar-refractivity contribution in [3.63, 3.8) is 0 Å². The fraction of sp³-hybridized carbons (Fsp3) is 0.0909. The van der Waals surface area contributed by atoms with E-state index in [-0.39, 0.29) is 0 Å². The number of nitrogens with two attached hydrogens (primary N) is 2. The van der Waals surface area contributed by atoms with Gasteiger partial charge < -0.3 is 16.0 Å². The summed E-state index contributed by atoms with van der Waals surface area (Å²) in [7, 11) is 0. The molecule has 1 heterocycles. The lowest BCUT2D eigenvalue weighted by Gasteiger charge is -2.00. The molecule has 0 aliphatic heterocycles. The minimum absolute atomic E-state index is 0.473. The zero-order valence-corrected chi connectivity index (χ0v) is 8.78. The maximum absolute atomic E-state index is 10.0. The van der Waals surface area contributed by atoms with Crippen molar-refractivity contribution >= 4 is 6.29 Å². The summed E-state index contributed by atoms with van der Waals surface area (Å²) in [5, 5.41) is 0. The normalized spacial score (nSPS) is 13.2. The van der Waals surface area contributed by atoms with Crippen molar-refractivity contribution < 1.29 is 4.79 Å². The molecule has 84 valence electrons. The summed E-state index contributed by atoms with van der Waals surface area (Å²) < 4.78 is 1.84. The highest BCUT2D eigenvalue weighted by molar-refractivity contribution is 5.65. The van der Waals surface area contributed by atoms with Crippen molar-refractivity contribution in [3.05, 3.63) is 54.4 Å². The first-order valence-corrected chi connectivity index (χ1v) is 4.71. The van der Waals surface area contributed by atoms with Gasteiger partial charge in [-0.2, -0.15) is 0 Å². The Morgan fingerprint density at radius 3 is 2.81 bits per heavy atom. The Morgan fingerprint density at radius 2 is 2.19 bits per heavy atom. The average Bonchev–Trinajstić information content (AvgIpc) is 2.76. The van der Waals surface area contributed by atoms with Crippen LogP contribution in [0.15, 0.2) is 54.4 Å². The molecule has 1 aromatic rings. The highest BCUT2D eigenvalue weighted by Gasteiger charge is 1.91. The summed E-state index contributed by atoms with van der Waals surface area (Å²) >= 11 is 0. The van der Waals surface area contributed by atoms with Crippen LogP contribution in [0.2, 0.25) is 0 Å². The van der Waals surface area contributed by atoms with Gasteiger partial charge in [-0.3, -0.25) is 4.79 Å². The number of allylic oxidation sites excluding steroid dienone is 5. The molecule has 0 atom stereocenters.